The van der Waals surface area contributed by atoms with Crippen molar-refractivity contribution in [3.05, 3.63) is 24.3 Å². The molecule has 1 aromatic rings. The van der Waals surface area contributed by atoms with E-state index in [0.29, 0.717) is 19.4 Å². The number of urea groups is 1. The van der Waals surface area contributed by atoms with Crippen LogP contribution in [0.4, 0.5) is 16.2 Å². The van der Waals surface area contributed by atoms with Crippen LogP contribution in [0.25, 0.3) is 0 Å². The summed E-state index contributed by atoms with van der Waals surface area (Å²) in [5.41, 5.74) is 1.95. The Hall–Kier alpha value is -1.75. The number of carbonyl (C=O) groups excluding carboxylic acids is 1. The minimum atomic E-state index is -0.348. The highest BCUT2D eigenvalue weighted by Crippen LogP contribution is 2.27. The molecule has 5 heteroatoms. The molecule has 3 N–H and O–H groups in total. The fraction of sp³-hybridized carbons (Fsp3) is 0.611. The van der Waals surface area contributed by atoms with Crippen LogP contribution in [0.3, 0.4) is 0 Å². The van der Waals surface area contributed by atoms with Crippen LogP contribution in [0, 0.1) is 0 Å². The minimum Gasteiger partial charge on any atom is -0.393 e. The predicted octanol–water partition coefficient (Wildman–Crippen LogP) is 3.35. The summed E-state index contributed by atoms with van der Waals surface area (Å²) in [5, 5.41) is 15.3. The monoisotopic (exact) mass is 319 g/mol. The number of nitrogens with one attached hydrogen (secondary N) is 2. The summed E-state index contributed by atoms with van der Waals surface area (Å²) in [6, 6.07) is 7.76. The predicted molar refractivity (Wildman–Crippen MR) is 95.1 cm³/mol. The summed E-state index contributed by atoms with van der Waals surface area (Å²) < 4.78 is 0. The number of carbonyl (C=O) groups is 1. The highest BCUT2D eigenvalue weighted by molar-refractivity contribution is 5.93. The first-order chi connectivity index (χ1) is 11.2. The third kappa shape index (κ3) is 5.75. The van der Waals surface area contributed by atoms with Crippen molar-refractivity contribution in [1.29, 1.82) is 0 Å². The van der Waals surface area contributed by atoms with Gasteiger partial charge in [0.25, 0.3) is 0 Å². The van der Waals surface area contributed by atoms with E-state index in [-0.39, 0.29) is 12.1 Å². The minimum absolute atomic E-state index is 0.212. The summed E-state index contributed by atoms with van der Waals surface area (Å²) in [4.78, 5) is 14.4. The molecule has 1 aliphatic rings. The summed E-state index contributed by atoms with van der Waals surface area (Å²) in [6.07, 6.45) is 5.92. The molecule has 1 aliphatic heterocycles. The van der Waals surface area contributed by atoms with Crippen molar-refractivity contribution >= 4 is 17.4 Å². The zero-order valence-electron chi connectivity index (χ0n) is 14.1. The number of aliphatic hydroxyl groups excluding tert-OH is 1. The Balaban J connectivity index is 1.92. The maximum Gasteiger partial charge on any atom is 0.319 e. The highest BCUT2D eigenvalue weighted by atomic mass is 16.3. The maximum atomic E-state index is 12.1. The van der Waals surface area contributed by atoms with Crippen LogP contribution in [0.1, 0.15) is 45.4 Å². The standard InChI is InChI=1S/C18H29N3O2/c1-2-15(22)11-12-19-18(23)20-16-9-5-6-10-17(16)21-13-7-3-4-8-14-21/h5-6,9-10,15,22H,2-4,7-8,11-14H2,1H3,(H2,19,20,23). The van der Waals surface area contributed by atoms with Gasteiger partial charge in [-0.3, -0.25) is 0 Å². The van der Waals surface area contributed by atoms with E-state index in [1.807, 2.05) is 25.1 Å². The van der Waals surface area contributed by atoms with Crippen LogP contribution in [0.15, 0.2) is 24.3 Å². The van der Waals surface area contributed by atoms with E-state index in [1.54, 1.807) is 0 Å². The molecule has 0 saturated carbocycles. The van der Waals surface area contributed by atoms with E-state index in [1.165, 1.54) is 25.7 Å². The van der Waals surface area contributed by atoms with Crippen LogP contribution in [-0.4, -0.2) is 36.9 Å². The van der Waals surface area contributed by atoms with E-state index < -0.39 is 0 Å². The molecule has 23 heavy (non-hydrogen) atoms. The van der Waals surface area contributed by atoms with E-state index in [0.717, 1.165) is 24.5 Å². The van der Waals surface area contributed by atoms with Gasteiger partial charge in [-0.1, -0.05) is 31.9 Å². The number of anilines is 2. The molecule has 2 rings (SSSR count). The van der Waals surface area contributed by atoms with Crippen LogP contribution in [-0.2, 0) is 0 Å². The van der Waals surface area contributed by atoms with Crippen LogP contribution < -0.4 is 15.5 Å². The lowest BCUT2D eigenvalue weighted by Crippen LogP contribution is -2.32. The lowest BCUT2D eigenvalue weighted by Gasteiger charge is -2.25. The van der Waals surface area contributed by atoms with Crippen molar-refractivity contribution in [3.8, 4) is 0 Å². The molecular formula is C18H29N3O2. The third-order valence-electron chi connectivity index (χ3n) is 4.33. The van der Waals surface area contributed by atoms with E-state index in [2.05, 4.69) is 21.6 Å². The molecule has 5 nitrogen and oxygen atoms in total. The van der Waals surface area contributed by atoms with Crippen molar-refractivity contribution < 1.29 is 9.90 Å². The zero-order chi connectivity index (χ0) is 16.5. The average molecular weight is 319 g/mol. The quantitative estimate of drug-likeness (QED) is 0.753. The molecule has 0 bridgehead atoms. The lowest BCUT2D eigenvalue weighted by atomic mass is 10.2. The highest BCUT2D eigenvalue weighted by Gasteiger charge is 2.14. The van der Waals surface area contributed by atoms with Crippen LogP contribution in [0.5, 0.6) is 0 Å². The third-order valence-corrected chi connectivity index (χ3v) is 4.33. The van der Waals surface area contributed by atoms with Crippen molar-refractivity contribution in [2.24, 2.45) is 0 Å². The molecule has 0 radical (unpaired) electrons. The SMILES string of the molecule is CCC(O)CCNC(=O)Nc1ccccc1N1CCCCCC1. The molecule has 0 aromatic heterocycles. The van der Waals surface area contributed by atoms with Crippen molar-refractivity contribution in [1.82, 2.24) is 5.32 Å². The van der Waals surface area contributed by atoms with Gasteiger partial charge in [-0.25, -0.2) is 4.79 Å². The summed E-state index contributed by atoms with van der Waals surface area (Å²) >= 11 is 0. The number of hydrogen-bond donors (Lipinski definition) is 3. The van der Waals surface area contributed by atoms with Crippen molar-refractivity contribution in [2.45, 2.75) is 51.6 Å². The topological polar surface area (TPSA) is 64.6 Å². The Kier molecular flexibility index (Phi) is 7.20. The summed E-state index contributed by atoms with van der Waals surface area (Å²) in [6.45, 7) is 4.50. The molecule has 0 aliphatic carbocycles. The molecule has 1 fully saturated rings. The molecule has 1 atom stereocenters. The molecule has 2 amide bonds. The second-order valence-electron chi connectivity index (χ2n) is 6.15. The Morgan fingerprint density at radius 3 is 2.61 bits per heavy atom. The van der Waals surface area contributed by atoms with Gasteiger partial charge in [-0.15, -0.1) is 0 Å². The number of aliphatic hydroxyl groups is 1. The average Bonchev–Trinajstić information content (AvgIpc) is 2.84. The first-order valence-electron chi connectivity index (χ1n) is 8.77. The summed E-state index contributed by atoms with van der Waals surface area (Å²) in [5.74, 6) is 0. The Bertz CT molecular complexity index is 485. The molecule has 1 aromatic carbocycles. The maximum absolute atomic E-state index is 12.1. The fourth-order valence-electron chi connectivity index (χ4n) is 2.89. The van der Waals surface area contributed by atoms with Crippen LogP contribution in [0.2, 0.25) is 0 Å². The van der Waals surface area contributed by atoms with Gasteiger partial charge in [-0.2, -0.15) is 0 Å². The second-order valence-corrected chi connectivity index (χ2v) is 6.15. The number of hydrogen-bond acceptors (Lipinski definition) is 3. The first-order valence-corrected chi connectivity index (χ1v) is 8.77. The molecule has 1 heterocycles. The van der Waals surface area contributed by atoms with Crippen molar-refractivity contribution in [3.63, 3.8) is 0 Å². The van der Waals surface area contributed by atoms with Gasteiger partial charge in [-0.05, 0) is 37.8 Å². The van der Waals surface area contributed by atoms with E-state index in [9.17, 15) is 9.90 Å². The number of benzene rings is 1. The van der Waals surface area contributed by atoms with Crippen molar-refractivity contribution in [2.75, 3.05) is 29.9 Å². The van der Waals surface area contributed by atoms with E-state index >= 15 is 0 Å². The van der Waals surface area contributed by atoms with Crippen LogP contribution >= 0.6 is 0 Å². The largest absolute Gasteiger partial charge is 0.393 e. The molecule has 128 valence electrons. The van der Waals surface area contributed by atoms with Gasteiger partial charge < -0.3 is 20.6 Å². The molecule has 0 spiro atoms. The van der Waals surface area contributed by atoms with Gasteiger partial charge in [0.2, 0.25) is 0 Å². The summed E-state index contributed by atoms with van der Waals surface area (Å²) in [7, 11) is 0. The molecule has 1 saturated heterocycles. The number of amides is 2. The number of rotatable bonds is 6. The Morgan fingerprint density at radius 2 is 1.91 bits per heavy atom. The van der Waals surface area contributed by atoms with Gasteiger partial charge in [0.05, 0.1) is 17.5 Å². The zero-order valence-corrected chi connectivity index (χ0v) is 14.1. The van der Waals surface area contributed by atoms with Gasteiger partial charge >= 0.3 is 6.03 Å². The molecular weight excluding hydrogens is 290 g/mol. The van der Waals surface area contributed by atoms with Gasteiger partial charge in [0.1, 0.15) is 0 Å². The normalized spacial score (nSPS) is 16.5. The number of nitrogens with zero attached hydrogens (tertiary/aromatic N) is 1. The Morgan fingerprint density at radius 1 is 1.22 bits per heavy atom. The first kappa shape index (κ1) is 17.6. The number of para-hydroxylation sites is 2. The second kappa shape index (κ2) is 9.40. The smallest absolute Gasteiger partial charge is 0.319 e. The fourth-order valence-corrected chi connectivity index (χ4v) is 2.89. The van der Waals surface area contributed by atoms with E-state index in [4.69, 9.17) is 0 Å². The lowest BCUT2D eigenvalue weighted by molar-refractivity contribution is 0.160. The molecule has 1 unspecified atom stereocenters. The van der Waals surface area contributed by atoms with Gasteiger partial charge in [0, 0.05) is 19.6 Å². The Labute approximate surface area is 139 Å². The van der Waals surface area contributed by atoms with Gasteiger partial charge in [0.15, 0.2) is 0 Å².